The molecule has 2 aromatic carbocycles. The monoisotopic (exact) mass is 272 g/mol. The third-order valence-electron chi connectivity index (χ3n) is 2.78. The highest BCUT2D eigenvalue weighted by atomic mass is 16.5. The molecule has 0 saturated carbocycles. The summed E-state index contributed by atoms with van der Waals surface area (Å²) in [4.78, 5) is 11.2. The van der Waals surface area contributed by atoms with E-state index in [1.54, 1.807) is 0 Å². The van der Waals surface area contributed by atoms with Crippen LogP contribution < -0.4 is 10.2 Å². The van der Waals surface area contributed by atoms with E-state index in [9.17, 15) is 14.8 Å². The number of aromatic carboxylic acids is 1. The Bertz CT molecular complexity index is 598. The first-order chi connectivity index (χ1) is 9.59. The molecule has 0 bridgehead atoms. The largest absolute Gasteiger partial charge is 0.492 e. The van der Waals surface area contributed by atoms with Crippen molar-refractivity contribution in [3.63, 3.8) is 0 Å². The van der Waals surface area contributed by atoms with Crippen LogP contribution in [0.2, 0.25) is 0 Å². The van der Waals surface area contributed by atoms with Gasteiger partial charge in [0.2, 0.25) is 0 Å². The van der Waals surface area contributed by atoms with Crippen LogP contribution in [0.4, 0.5) is 0 Å². The van der Waals surface area contributed by atoms with Gasteiger partial charge in [0.25, 0.3) is 0 Å². The summed E-state index contributed by atoms with van der Waals surface area (Å²) < 4.78 is 5.48. The molecule has 2 aromatic rings. The van der Waals surface area contributed by atoms with Crippen LogP contribution in [0.15, 0.2) is 48.5 Å². The Hall–Kier alpha value is -2.31. The lowest BCUT2D eigenvalue weighted by Crippen LogP contribution is -2.32. The zero-order chi connectivity index (χ0) is 14.5. The maximum Gasteiger partial charge on any atom is 0.492 e. The van der Waals surface area contributed by atoms with Crippen LogP contribution in [0.5, 0.6) is 5.75 Å². The van der Waals surface area contributed by atoms with Gasteiger partial charge in [-0.2, -0.15) is 0 Å². The van der Waals surface area contributed by atoms with Gasteiger partial charge in [-0.05, 0) is 11.6 Å². The number of hydrogen-bond donors (Lipinski definition) is 3. The van der Waals surface area contributed by atoms with E-state index in [4.69, 9.17) is 9.84 Å². The minimum absolute atomic E-state index is 0.0285. The van der Waals surface area contributed by atoms with Crippen LogP contribution in [-0.4, -0.2) is 28.2 Å². The third-order valence-corrected chi connectivity index (χ3v) is 2.78. The maximum absolute atomic E-state index is 11.2. The highest BCUT2D eigenvalue weighted by Gasteiger charge is 2.22. The van der Waals surface area contributed by atoms with Gasteiger partial charge < -0.3 is 19.9 Å². The number of carboxylic acid groups (broad SMARTS) is 1. The molecule has 0 spiro atoms. The van der Waals surface area contributed by atoms with E-state index in [0.29, 0.717) is 0 Å². The quantitative estimate of drug-likeness (QED) is 0.695. The molecule has 0 amide bonds. The van der Waals surface area contributed by atoms with Gasteiger partial charge in [-0.1, -0.05) is 42.5 Å². The zero-order valence-electron chi connectivity index (χ0n) is 10.6. The number of hydrogen-bond acceptors (Lipinski definition) is 4. The van der Waals surface area contributed by atoms with Crippen molar-refractivity contribution in [3.05, 3.63) is 59.7 Å². The summed E-state index contributed by atoms with van der Waals surface area (Å²) in [5, 5.41) is 27.7. The van der Waals surface area contributed by atoms with Crippen molar-refractivity contribution in [1.29, 1.82) is 0 Å². The van der Waals surface area contributed by atoms with Gasteiger partial charge in [-0.3, -0.25) is 0 Å². The molecule has 6 heteroatoms. The van der Waals surface area contributed by atoms with Gasteiger partial charge in [0.1, 0.15) is 17.9 Å². The summed E-state index contributed by atoms with van der Waals surface area (Å²) >= 11 is 0. The van der Waals surface area contributed by atoms with E-state index in [2.05, 4.69) is 0 Å². The average molecular weight is 272 g/mol. The van der Waals surface area contributed by atoms with Crippen molar-refractivity contribution >= 4 is 18.6 Å². The van der Waals surface area contributed by atoms with Crippen molar-refractivity contribution in [2.24, 2.45) is 0 Å². The summed E-state index contributed by atoms with van der Waals surface area (Å²) in [6.45, 7) is 0.144. The first-order valence-electron chi connectivity index (χ1n) is 5.98. The molecule has 0 aliphatic carbocycles. The fraction of sp³-hybridized carbons (Fsp3) is 0.0714. The third kappa shape index (κ3) is 3.17. The Morgan fingerprint density at radius 2 is 1.75 bits per heavy atom. The molecule has 0 fully saturated rings. The fourth-order valence-corrected chi connectivity index (χ4v) is 1.82. The van der Waals surface area contributed by atoms with Crippen molar-refractivity contribution < 1.29 is 24.7 Å². The van der Waals surface area contributed by atoms with Gasteiger partial charge >= 0.3 is 13.1 Å². The summed E-state index contributed by atoms with van der Waals surface area (Å²) in [5.41, 5.74) is 0.776. The van der Waals surface area contributed by atoms with Gasteiger partial charge in [-0.25, -0.2) is 4.79 Å². The summed E-state index contributed by atoms with van der Waals surface area (Å²) in [6.07, 6.45) is 0. The summed E-state index contributed by atoms with van der Waals surface area (Å²) in [5.74, 6) is -1.21. The van der Waals surface area contributed by atoms with Crippen molar-refractivity contribution in [1.82, 2.24) is 0 Å². The fourth-order valence-electron chi connectivity index (χ4n) is 1.82. The van der Waals surface area contributed by atoms with Crippen LogP contribution in [0.3, 0.4) is 0 Å². The Labute approximate surface area is 116 Å². The molecule has 20 heavy (non-hydrogen) atoms. The standard InChI is InChI=1S/C14H13BO5/c16-14(17)11-7-4-8-12(15(18)19)13(11)20-9-10-5-2-1-3-6-10/h1-8,18-19H,9H2,(H,16,17). The molecule has 102 valence electrons. The first kappa shape index (κ1) is 14.1. The SMILES string of the molecule is O=C(O)c1cccc(B(O)O)c1OCc1ccccc1. The summed E-state index contributed by atoms with van der Waals surface area (Å²) in [7, 11) is -1.79. The van der Waals surface area contributed by atoms with Gasteiger partial charge in [0.15, 0.2) is 0 Å². The molecule has 0 radical (unpaired) electrons. The lowest BCUT2D eigenvalue weighted by molar-refractivity contribution is 0.0692. The topological polar surface area (TPSA) is 87.0 Å². The van der Waals surface area contributed by atoms with Gasteiger partial charge in [-0.15, -0.1) is 0 Å². The molecule has 0 aromatic heterocycles. The number of carbonyl (C=O) groups is 1. The minimum Gasteiger partial charge on any atom is -0.488 e. The predicted octanol–water partition coefficient (Wildman–Crippen LogP) is 0.644. The van der Waals surface area contributed by atoms with Crippen LogP contribution in [0.25, 0.3) is 0 Å². The molecule has 0 atom stereocenters. The highest BCUT2D eigenvalue weighted by molar-refractivity contribution is 6.60. The molecule has 0 saturated heterocycles. The molecule has 0 aliphatic rings. The van der Waals surface area contributed by atoms with Gasteiger partial charge in [0, 0.05) is 5.46 Å². The molecule has 0 aliphatic heterocycles. The maximum atomic E-state index is 11.2. The van der Waals surface area contributed by atoms with Crippen molar-refractivity contribution in [3.8, 4) is 5.75 Å². The molecule has 0 heterocycles. The smallest absolute Gasteiger partial charge is 0.488 e. The van der Waals surface area contributed by atoms with Crippen molar-refractivity contribution in [2.75, 3.05) is 0 Å². The first-order valence-corrected chi connectivity index (χ1v) is 5.98. The number of ether oxygens (including phenoxy) is 1. The van der Waals surface area contributed by atoms with Crippen LogP contribution in [0, 0.1) is 0 Å². The highest BCUT2D eigenvalue weighted by Crippen LogP contribution is 2.18. The van der Waals surface area contributed by atoms with E-state index in [1.165, 1.54) is 18.2 Å². The van der Waals surface area contributed by atoms with Crippen molar-refractivity contribution in [2.45, 2.75) is 6.61 Å². The Morgan fingerprint density at radius 1 is 1.05 bits per heavy atom. The lowest BCUT2D eigenvalue weighted by atomic mass is 9.78. The Balaban J connectivity index is 2.31. The van der Waals surface area contributed by atoms with E-state index in [1.807, 2.05) is 30.3 Å². The molecular formula is C14H13BO5. The number of benzene rings is 2. The zero-order valence-corrected chi connectivity index (χ0v) is 10.6. The molecule has 3 N–H and O–H groups in total. The molecule has 0 unspecified atom stereocenters. The number of carboxylic acids is 1. The second-order valence-electron chi connectivity index (χ2n) is 4.18. The predicted molar refractivity (Wildman–Crippen MR) is 74.0 cm³/mol. The summed E-state index contributed by atoms with van der Waals surface area (Å²) in [6, 6.07) is 13.4. The van der Waals surface area contributed by atoms with Gasteiger partial charge in [0.05, 0.1) is 0 Å². The molecule has 2 rings (SSSR count). The number of rotatable bonds is 5. The second kappa shape index (κ2) is 6.23. The van der Waals surface area contributed by atoms with E-state index in [-0.39, 0.29) is 23.4 Å². The van der Waals surface area contributed by atoms with E-state index in [0.717, 1.165) is 5.56 Å². The average Bonchev–Trinajstić information content (AvgIpc) is 2.45. The Morgan fingerprint density at radius 3 is 2.35 bits per heavy atom. The number of para-hydroxylation sites is 1. The normalized spacial score (nSPS) is 10.1. The van der Waals surface area contributed by atoms with Crippen LogP contribution in [0.1, 0.15) is 15.9 Å². The Kier molecular flexibility index (Phi) is 4.39. The van der Waals surface area contributed by atoms with Crippen LogP contribution >= 0.6 is 0 Å². The lowest BCUT2D eigenvalue weighted by Gasteiger charge is -2.13. The molecular weight excluding hydrogens is 259 g/mol. The second-order valence-corrected chi connectivity index (χ2v) is 4.18. The van der Waals surface area contributed by atoms with E-state index >= 15 is 0 Å². The minimum atomic E-state index is -1.79. The molecule has 5 nitrogen and oxygen atoms in total. The van der Waals surface area contributed by atoms with Crippen LogP contribution in [-0.2, 0) is 6.61 Å². The van der Waals surface area contributed by atoms with E-state index < -0.39 is 13.1 Å².